The van der Waals surface area contributed by atoms with Crippen LogP contribution >= 0.6 is 0 Å². The molecule has 0 bridgehead atoms. The molecule has 1 amide bonds. The van der Waals surface area contributed by atoms with Crippen LogP contribution in [0.15, 0.2) is 61.2 Å². The van der Waals surface area contributed by atoms with E-state index in [2.05, 4.69) is 21.5 Å². The van der Waals surface area contributed by atoms with Crippen molar-refractivity contribution in [3.63, 3.8) is 0 Å². The second-order valence-electron chi connectivity index (χ2n) is 7.09. The van der Waals surface area contributed by atoms with Gasteiger partial charge in [0.05, 0.1) is 17.3 Å². The van der Waals surface area contributed by atoms with E-state index in [0.29, 0.717) is 5.56 Å². The van der Waals surface area contributed by atoms with E-state index in [1.165, 1.54) is 11.9 Å². The summed E-state index contributed by atoms with van der Waals surface area (Å²) < 4.78 is 6.96. The number of carbonyl (C=O) groups excluding carboxylic acids is 2. The summed E-state index contributed by atoms with van der Waals surface area (Å²) >= 11 is 0. The van der Waals surface area contributed by atoms with Gasteiger partial charge in [0, 0.05) is 0 Å². The molecule has 0 saturated heterocycles. The number of carbonyl (C=O) groups is 2. The van der Waals surface area contributed by atoms with Crippen LogP contribution in [0.3, 0.4) is 0 Å². The Morgan fingerprint density at radius 2 is 1.97 bits per heavy atom. The third-order valence-electron chi connectivity index (χ3n) is 5.13. The highest BCUT2D eigenvalue weighted by molar-refractivity contribution is 5.92. The molecule has 4 rings (SSSR count). The van der Waals surface area contributed by atoms with E-state index in [-0.39, 0.29) is 11.9 Å². The molecule has 0 spiro atoms. The van der Waals surface area contributed by atoms with Gasteiger partial charge >= 0.3 is 5.97 Å². The van der Waals surface area contributed by atoms with Crippen molar-refractivity contribution in [1.29, 1.82) is 0 Å². The first kappa shape index (κ1) is 18.9. The molecule has 29 heavy (non-hydrogen) atoms. The van der Waals surface area contributed by atoms with Crippen LogP contribution in [0.5, 0.6) is 0 Å². The molecule has 0 aliphatic heterocycles. The van der Waals surface area contributed by atoms with Crippen LogP contribution in [-0.4, -0.2) is 32.7 Å². The number of hydrogen-bond acceptors (Lipinski definition) is 5. The van der Waals surface area contributed by atoms with E-state index >= 15 is 0 Å². The fourth-order valence-electron chi connectivity index (χ4n) is 3.57. The van der Waals surface area contributed by atoms with Gasteiger partial charge < -0.3 is 10.1 Å². The maximum absolute atomic E-state index is 12.6. The molecular formula is C22H22N4O3. The summed E-state index contributed by atoms with van der Waals surface area (Å²) in [6, 6.07) is 14.9. The van der Waals surface area contributed by atoms with Crippen LogP contribution in [-0.2, 0) is 16.0 Å². The SMILES string of the molecule is C[C@@H](OC(=O)c1ccc(-n2cncn2)cc1)C(=O)N[C@@H]1CCCc2ccccc21. The Bertz CT molecular complexity index is 999. The van der Waals surface area contributed by atoms with Gasteiger partial charge in [-0.05, 0) is 61.6 Å². The van der Waals surface area contributed by atoms with Crippen molar-refractivity contribution >= 4 is 11.9 Å². The van der Waals surface area contributed by atoms with E-state index in [9.17, 15) is 9.59 Å². The quantitative estimate of drug-likeness (QED) is 0.677. The summed E-state index contributed by atoms with van der Waals surface area (Å²) in [6.45, 7) is 1.59. The molecule has 3 aromatic rings. The fraction of sp³-hybridized carbons (Fsp3) is 0.273. The van der Waals surface area contributed by atoms with Crippen LogP contribution in [0, 0.1) is 0 Å². The Morgan fingerprint density at radius 1 is 1.17 bits per heavy atom. The normalized spacial score (nSPS) is 16.5. The summed E-state index contributed by atoms with van der Waals surface area (Å²) in [5.41, 5.74) is 3.56. The Balaban J connectivity index is 1.37. The van der Waals surface area contributed by atoms with Gasteiger partial charge in [-0.25, -0.2) is 14.5 Å². The van der Waals surface area contributed by atoms with E-state index < -0.39 is 12.1 Å². The minimum atomic E-state index is -0.883. The minimum absolute atomic E-state index is 0.0458. The van der Waals surface area contributed by atoms with Crippen molar-refractivity contribution in [2.75, 3.05) is 0 Å². The highest BCUT2D eigenvalue weighted by Crippen LogP contribution is 2.29. The van der Waals surface area contributed by atoms with Crippen LogP contribution in [0.1, 0.15) is 47.3 Å². The average Bonchev–Trinajstić information content (AvgIpc) is 3.29. The first-order valence-electron chi connectivity index (χ1n) is 9.66. The van der Waals surface area contributed by atoms with Crippen molar-refractivity contribution in [2.24, 2.45) is 0 Å². The zero-order valence-corrected chi connectivity index (χ0v) is 16.1. The standard InChI is InChI=1S/C22H22N4O3/c1-15(21(27)25-20-8-4-6-16-5-2-3-7-19(16)20)29-22(28)17-9-11-18(12-10-17)26-14-23-13-24-26/h2-3,5,7,9-15,20H,4,6,8H2,1H3,(H,25,27)/t15-,20-/m1/s1. The molecule has 0 radical (unpaired) electrons. The average molecular weight is 390 g/mol. The third-order valence-corrected chi connectivity index (χ3v) is 5.13. The zero-order chi connectivity index (χ0) is 20.2. The van der Waals surface area contributed by atoms with Crippen LogP contribution in [0.4, 0.5) is 0 Å². The van der Waals surface area contributed by atoms with Gasteiger partial charge in [0.15, 0.2) is 6.10 Å². The van der Waals surface area contributed by atoms with Gasteiger partial charge in [-0.1, -0.05) is 24.3 Å². The molecule has 7 heteroatoms. The van der Waals surface area contributed by atoms with Gasteiger partial charge in [-0.2, -0.15) is 5.10 Å². The smallest absolute Gasteiger partial charge is 0.338 e. The molecule has 2 aromatic carbocycles. The summed E-state index contributed by atoms with van der Waals surface area (Å²) in [5.74, 6) is -0.832. The van der Waals surface area contributed by atoms with Crippen molar-refractivity contribution in [2.45, 2.75) is 38.3 Å². The fourth-order valence-corrected chi connectivity index (χ4v) is 3.57. The van der Waals surface area contributed by atoms with Crippen molar-refractivity contribution in [1.82, 2.24) is 20.1 Å². The first-order chi connectivity index (χ1) is 14.1. The molecule has 0 saturated carbocycles. The van der Waals surface area contributed by atoms with Gasteiger partial charge in [-0.3, -0.25) is 4.79 Å². The van der Waals surface area contributed by atoms with E-state index in [4.69, 9.17) is 4.74 Å². The molecule has 1 aliphatic rings. The first-order valence-corrected chi connectivity index (χ1v) is 9.66. The largest absolute Gasteiger partial charge is 0.449 e. The topological polar surface area (TPSA) is 86.1 Å². The molecule has 1 heterocycles. The van der Waals surface area contributed by atoms with Crippen molar-refractivity contribution in [3.05, 3.63) is 77.9 Å². The summed E-state index contributed by atoms with van der Waals surface area (Å²) in [7, 11) is 0. The highest BCUT2D eigenvalue weighted by atomic mass is 16.5. The molecule has 0 fully saturated rings. The van der Waals surface area contributed by atoms with Crippen molar-refractivity contribution < 1.29 is 14.3 Å². The number of hydrogen-bond donors (Lipinski definition) is 1. The van der Waals surface area contributed by atoms with Crippen molar-refractivity contribution in [3.8, 4) is 5.69 Å². The molecule has 148 valence electrons. The lowest BCUT2D eigenvalue weighted by Crippen LogP contribution is -2.39. The predicted molar refractivity (Wildman–Crippen MR) is 107 cm³/mol. The maximum Gasteiger partial charge on any atom is 0.338 e. The number of benzene rings is 2. The van der Waals surface area contributed by atoms with E-state index in [1.54, 1.807) is 42.2 Å². The van der Waals surface area contributed by atoms with Gasteiger partial charge in [-0.15, -0.1) is 0 Å². The number of ether oxygens (including phenoxy) is 1. The van der Waals surface area contributed by atoms with Gasteiger partial charge in [0.1, 0.15) is 12.7 Å². The number of aromatic nitrogens is 3. The monoisotopic (exact) mass is 390 g/mol. The molecule has 7 nitrogen and oxygen atoms in total. The zero-order valence-electron chi connectivity index (χ0n) is 16.1. The Kier molecular flexibility index (Phi) is 5.37. The predicted octanol–water partition coefficient (Wildman–Crippen LogP) is 3.01. The number of esters is 1. The van der Waals surface area contributed by atoms with Crippen LogP contribution in [0.25, 0.3) is 5.69 Å². The summed E-state index contributed by atoms with van der Waals surface area (Å²) in [4.78, 5) is 28.9. The third kappa shape index (κ3) is 4.18. The molecule has 1 N–H and O–H groups in total. The van der Waals surface area contributed by atoms with E-state index in [1.807, 2.05) is 18.2 Å². The Morgan fingerprint density at radius 3 is 2.72 bits per heavy atom. The Labute approximate surface area is 168 Å². The second kappa shape index (κ2) is 8.26. The number of fused-ring (bicyclic) bond motifs is 1. The van der Waals surface area contributed by atoms with E-state index in [0.717, 1.165) is 30.5 Å². The highest BCUT2D eigenvalue weighted by Gasteiger charge is 2.25. The van der Waals surface area contributed by atoms with Crippen LogP contribution < -0.4 is 5.32 Å². The van der Waals surface area contributed by atoms with Gasteiger partial charge in [0.25, 0.3) is 5.91 Å². The van der Waals surface area contributed by atoms with Crippen LogP contribution in [0.2, 0.25) is 0 Å². The molecule has 1 aliphatic carbocycles. The Hall–Kier alpha value is -3.48. The number of nitrogens with zero attached hydrogens (tertiary/aromatic N) is 3. The molecular weight excluding hydrogens is 368 g/mol. The number of nitrogens with one attached hydrogen (secondary N) is 1. The lowest BCUT2D eigenvalue weighted by Gasteiger charge is -2.27. The number of aryl methyl sites for hydroxylation is 1. The minimum Gasteiger partial charge on any atom is -0.449 e. The molecule has 2 atom stereocenters. The second-order valence-corrected chi connectivity index (χ2v) is 7.09. The lowest BCUT2D eigenvalue weighted by atomic mass is 9.87. The molecule has 0 unspecified atom stereocenters. The summed E-state index contributed by atoms with van der Waals surface area (Å²) in [6.07, 6.45) is 5.06. The number of amides is 1. The van der Waals surface area contributed by atoms with Gasteiger partial charge in [0.2, 0.25) is 0 Å². The maximum atomic E-state index is 12.6. The lowest BCUT2D eigenvalue weighted by molar-refractivity contribution is -0.130. The molecule has 1 aromatic heterocycles. The summed E-state index contributed by atoms with van der Waals surface area (Å²) in [5, 5.41) is 7.07. The number of rotatable bonds is 5.